The molecular weight excluding hydrogens is 344 g/mol. The highest BCUT2D eigenvalue weighted by atomic mass is 16.5. The molecule has 1 N–H and O–H groups in total. The Hall–Kier alpha value is -3.15. The van der Waals surface area contributed by atoms with Crippen LogP contribution in [0.3, 0.4) is 0 Å². The van der Waals surface area contributed by atoms with Crippen molar-refractivity contribution in [1.29, 1.82) is 0 Å². The van der Waals surface area contributed by atoms with Crippen LogP contribution in [0.25, 0.3) is 0 Å². The van der Waals surface area contributed by atoms with E-state index in [4.69, 9.17) is 4.74 Å². The molecule has 0 atom stereocenters. The number of carbonyl (C=O) groups excluding carboxylic acids is 3. The highest BCUT2D eigenvalue weighted by molar-refractivity contribution is 6.19. The van der Waals surface area contributed by atoms with Crippen LogP contribution >= 0.6 is 0 Å². The maximum atomic E-state index is 12.3. The van der Waals surface area contributed by atoms with E-state index in [0.717, 1.165) is 11.3 Å². The van der Waals surface area contributed by atoms with E-state index in [1.54, 1.807) is 24.3 Å². The maximum absolute atomic E-state index is 12.3. The van der Waals surface area contributed by atoms with Gasteiger partial charge >= 0.3 is 0 Å². The zero-order chi connectivity index (χ0) is 19.4. The first kappa shape index (κ1) is 18.6. The van der Waals surface area contributed by atoms with Crippen molar-refractivity contribution in [2.75, 3.05) is 4.90 Å². The minimum atomic E-state index is -0.219. The van der Waals surface area contributed by atoms with E-state index < -0.39 is 0 Å². The van der Waals surface area contributed by atoms with E-state index in [2.05, 4.69) is 5.32 Å². The van der Waals surface area contributed by atoms with Gasteiger partial charge in [0.05, 0.1) is 11.8 Å². The molecule has 140 valence electrons. The lowest BCUT2D eigenvalue weighted by Crippen LogP contribution is -2.28. The van der Waals surface area contributed by atoms with E-state index in [0.29, 0.717) is 17.8 Å². The zero-order valence-electron chi connectivity index (χ0n) is 15.4. The van der Waals surface area contributed by atoms with Gasteiger partial charge in [0.15, 0.2) is 0 Å². The SMILES string of the molecule is CC(C)Oc1ccc(CNC(=O)c2ccc(N3C(=O)CCC3=O)cc2)cc1. The second-order valence-corrected chi connectivity index (χ2v) is 6.66. The van der Waals surface area contributed by atoms with Crippen molar-refractivity contribution in [1.82, 2.24) is 5.32 Å². The minimum absolute atomic E-state index is 0.115. The van der Waals surface area contributed by atoms with E-state index in [-0.39, 0.29) is 36.7 Å². The van der Waals surface area contributed by atoms with Gasteiger partial charge in [-0.1, -0.05) is 12.1 Å². The molecule has 1 heterocycles. The Labute approximate surface area is 158 Å². The van der Waals surface area contributed by atoms with Crippen LogP contribution in [0, 0.1) is 0 Å². The fourth-order valence-electron chi connectivity index (χ4n) is 2.87. The van der Waals surface area contributed by atoms with Crippen LogP contribution < -0.4 is 15.0 Å². The predicted molar refractivity (Wildman–Crippen MR) is 102 cm³/mol. The summed E-state index contributed by atoms with van der Waals surface area (Å²) in [5, 5.41) is 2.85. The van der Waals surface area contributed by atoms with Gasteiger partial charge in [0.1, 0.15) is 5.75 Å². The summed E-state index contributed by atoms with van der Waals surface area (Å²) in [5.41, 5.74) is 1.93. The molecule has 1 saturated heterocycles. The first-order valence-corrected chi connectivity index (χ1v) is 8.93. The second kappa shape index (κ2) is 8.03. The summed E-state index contributed by atoms with van der Waals surface area (Å²) in [6.07, 6.45) is 0.592. The number of anilines is 1. The summed E-state index contributed by atoms with van der Waals surface area (Å²) in [4.78, 5) is 37.0. The molecule has 27 heavy (non-hydrogen) atoms. The van der Waals surface area contributed by atoms with Crippen LogP contribution in [0.2, 0.25) is 0 Å². The van der Waals surface area contributed by atoms with Crippen LogP contribution in [0.5, 0.6) is 5.75 Å². The number of amides is 3. The minimum Gasteiger partial charge on any atom is -0.491 e. The third-order valence-corrected chi connectivity index (χ3v) is 4.19. The molecule has 3 amide bonds. The normalized spacial score (nSPS) is 14.0. The Morgan fingerprint density at radius 2 is 1.59 bits per heavy atom. The van der Waals surface area contributed by atoms with Crippen molar-refractivity contribution >= 4 is 23.4 Å². The number of hydrogen-bond donors (Lipinski definition) is 1. The summed E-state index contributed by atoms with van der Waals surface area (Å²) in [7, 11) is 0. The zero-order valence-corrected chi connectivity index (χ0v) is 15.4. The average Bonchev–Trinajstić information content (AvgIpc) is 2.99. The van der Waals surface area contributed by atoms with Crippen molar-refractivity contribution in [3.8, 4) is 5.75 Å². The monoisotopic (exact) mass is 366 g/mol. The molecule has 1 aliphatic heterocycles. The van der Waals surface area contributed by atoms with Gasteiger partial charge in [-0.15, -0.1) is 0 Å². The van der Waals surface area contributed by atoms with Gasteiger partial charge in [-0.05, 0) is 55.8 Å². The highest BCUT2D eigenvalue weighted by Crippen LogP contribution is 2.22. The summed E-state index contributed by atoms with van der Waals surface area (Å²) in [6, 6.07) is 14.0. The van der Waals surface area contributed by atoms with E-state index >= 15 is 0 Å². The molecule has 3 rings (SSSR count). The molecule has 0 aromatic heterocycles. The fraction of sp³-hybridized carbons (Fsp3) is 0.286. The quantitative estimate of drug-likeness (QED) is 0.797. The van der Waals surface area contributed by atoms with Gasteiger partial charge < -0.3 is 10.1 Å². The molecule has 0 saturated carbocycles. The Kier molecular flexibility index (Phi) is 5.54. The molecule has 6 nitrogen and oxygen atoms in total. The molecular formula is C21H22N2O4. The highest BCUT2D eigenvalue weighted by Gasteiger charge is 2.30. The number of carbonyl (C=O) groups is 3. The molecule has 1 aliphatic rings. The molecule has 0 spiro atoms. The third-order valence-electron chi connectivity index (χ3n) is 4.19. The molecule has 2 aromatic carbocycles. The van der Waals surface area contributed by atoms with Crippen LogP contribution in [-0.2, 0) is 16.1 Å². The van der Waals surface area contributed by atoms with Crippen molar-refractivity contribution in [3.63, 3.8) is 0 Å². The van der Waals surface area contributed by atoms with Crippen LogP contribution in [0.15, 0.2) is 48.5 Å². The number of nitrogens with one attached hydrogen (secondary N) is 1. The lowest BCUT2D eigenvalue weighted by Gasteiger charge is -2.14. The molecule has 2 aromatic rings. The summed E-state index contributed by atoms with van der Waals surface area (Å²) < 4.78 is 5.59. The number of nitrogens with zero attached hydrogens (tertiary/aromatic N) is 1. The van der Waals surface area contributed by atoms with Gasteiger partial charge in [0, 0.05) is 24.9 Å². The number of rotatable bonds is 6. The van der Waals surface area contributed by atoms with Crippen LogP contribution in [-0.4, -0.2) is 23.8 Å². The van der Waals surface area contributed by atoms with E-state index in [9.17, 15) is 14.4 Å². The molecule has 0 aliphatic carbocycles. The van der Waals surface area contributed by atoms with Crippen molar-refractivity contribution in [2.24, 2.45) is 0 Å². The Morgan fingerprint density at radius 1 is 1.00 bits per heavy atom. The van der Waals surface area contributed by atoms with Gasteiger partial charge in [-0.2, -0.15) is 0 Å². The number of hydrogen-bond acceptors (Lipinski definition) is 4. The smallest absolute Gasteiger partial charge is 0.251 e. The van der Waals surface area contributed by atoms with Gasteiger partial charge in [0.25, 0.3) is 5.91 Å². The van der Waals surface area contributed by atoms with Crippen molar-refractivity contribution < 1.29 is 19.1 Å². The summed E-state index contributed by atoms with van der Waals surface area (Å²) in [6.45, 7) is 4.33. The largest absolute Gasteiger partial charge is 0.491 e. The molecule has 1 fully saturated rings. The topological polar surface area (TPSA) is 75.7 Å². The number of imide groups is 1. The standard InChI is InChI=1S/C21H22N2O4/c1-14(2)27-18-9-3-15(4-10-18)13-22-21(26)16-5-7-17(8-6-16)23-19(24)11-12-20(23)25/h3-10,14H,11-13H2,1-2H3,(H,22,26). The summed E-state index contributed by atoms with van der Waals surface area (Å²) >= 11 is 0. The lowest BCUT2D eigenvalue weighted by atomic mass is 10.1. The Morgan fingerprint density at radius 3 is 2.15 bits per heavy atom. The third kappa shape index (κ3) is 4.53. The predicted octanol–water partition coefficient (Wildman–Crippen LogP) is 3.06. The van der Waals surface area contributed by atoms with Crippen LogP contribution in [0.1, 0.15) is 42.6 Å². The summed E-state index contributed by atoms with van der Waals surface area (Å²) in [5.74, 6) is 0.161. The van der Waals surface area contributed by atoms with Crippen molar-refractivity contribution in [2.45, 2.75) is 39.3 Å². The maximum Gasteiger partial charge on any atom is 0.251 e. The Balaban J connectivity index is 1.58. The van der Waals surface area contributed by atoms with E-state index in [1.807, 2.05) is 38.1 Å². The van der Waals surface area contributed by atoms with Crippen molar-refractivity contribution in [3.05, 3.63) is 59.7 Å². The first-order chi connectivity index (χ1) is 12.9. The van der Waals surface area contributed by atoms with Gasteiger partial charge in [-0.3, -0.25) is 19.3 Å². The molecule has 0 radical (unpaired) electrons. The van der Waals surface area contributed by atoms with Crippen LogP contribution in [0.4, 0.5) is 5.69 Å². The number of benzene rings is 2. The molecule has 6 heteroatoms. The molecule has 0 bridgehead atoms. The average molecular weight is 366 g/mol. The Bertz CT molecular complexity index is 825. The van der Waals surface area contributed by atoms with E-state index in [1.165, 1.54) is 4.90 Å². The lowest BCUT2D eigenvalue weighted by molar-refractivity contribution is -0.121. The number of ether oxygens (including phenoxy) is 1. The second-order valence-electron chi connectivity index (χ2n) is 6.66. The molecule has 0 unspecified atom stereocenters. The van der Waals surface area contributed by atoms with Gasteiger partial charge in [0.2, 0.25) is 11.8 Å². The van der Waals surface area contributed by atoms with Gasteiger partial charge in [-0.25, -0.2) is 0 Å². The first-order valence-electron chi connectivity index (χ1n) is 8.93. The fourth-order valence-corrected chi connectivity index (χ4v) is 2.87.